The Balaban J connectivity index is -0.000000952. The molecule has 1 spiro atoms. The molecule has 0 radical (unpaired) electrons. The molecule has 27 heteroatoms. The number of hydrogen-bond acceptors (Lipinski definition) is 18. The van der Waals surface area contributed by atoms with Crippen LogP contribution in [0.25, 0.3) is 0 Å². The molecular weight excluding hydrogens is 1080 g/mol. The molecule has 3 aliphatic rings. The fraction of sp³-hybridized carbons (Fsp3) is 0.434. The second-order valence-corrected chi connectivity index (χ2v) is 16.5. The van der Waals surface area contributed by atoms with Crippen LogP contribution in [0, 0.1) is 34.4 Å². The monoisotopic (exact) mass is 1160 g/mol. The molecule has 1 heterocycles. The topological polar surface area (TPSA) is 393 Å². The van der Waals surface area contributed by atoms with Gasteiger partial charge in [0.05, 0.1) is 48.6 Å². The first-order valence-corrected chi connectivity index (χ1v) is 25.3. The van der Waals surface area contributed by atoms with Crippen molar-refractivity contribution in [2.45, 2.75) is 103 Å². The van der Waals surface area contributed by atoms with Gasteiger partial charge in [-0.05, 0) is 132 Å². The Morgan fingerprint density at radius 3 is 1.66 bits per heavy atom. The SMILES string of the molecule is CCOC(=O)c1cccc(CC2=NC3(CCCCC3)NC(=NC)N2)c1.CCOC(=O)c1cccc(N)c1.CCOC(=O)c1cccc(N=C(N)CC(N)=NC)c1.CN=C(N)NC#N.CNCl.Cl.N#CNC#N.O=C1CCCCC1.[Na+]. The maximum absolute atomic E-state index is 11.9. The number of anilines is 1. The summed E-state index contributed by atoms with van der Waals surface area (Å²) in [5, 5.41) is 33.4. The van der Waals surface area contributed by atoms with E-state index < -0.39 is 0 Å². The number of guanidine groups is 2. The molecule has 2 saturated carbocycles. The maximum Gasteiger partial charge on any atom is 1.00 e. The second kappa shape index (κ2) is 47.5. The van der Waals surface area contributed by atoms with E-state index in [2.05, 4.69) is 40.8 Å². The molecule has 2 aliphatic carbocycles. The van der Waals surface area contributed by atoms with Gasteiger partial charge in [0, 0.05) is 46.1 Å². The standard InChI is InChI=1S/C19H26N4O2.C13H18N4O2.C9H11NO2.C6H10O.C3H6N4.C2HN3.CH4ClN.ClH.Na/c1-3-25-17(24)15-9-7-8-14(12-15)13-16-21-18(20-2)23-19(22-16)10-5-4-6-11-19;1-3-19-13(18)9-5-4-6-10(7-9)17-12(15)8-11(14)16-2;1-2-12-9(11)7-4-3-5-8(10)6-7;7-6-4-2-1-3-5-6;1-6-3(5)7-2-4;3-1-5-2-4;1-3-2;;/h7-9,12H,3-6,10-11,13H2,1-2H3,(H2,20,21,22,23);4-7H,3,8H2,1-2H3,(H2,14,16)(H2,15,17);3-6H,2,10H2,1H3;1-5H2;1H3,(H3,5,6,7);5H;3H,1H3;1H;/q;;;;;;;;+1. The number of ether oxygens (including phenoxy) is 3. The van der Waals surface area contributed by atoms with E-state index in [9.17, 15) is 19.2 Å². The first-order chi connectivity index (χ1) is 37.5. The van der Waals surface area contributed by atoms with Gasteiger partial charge in [0.15, 0.2) is 24.5 Å². The molecule has 0 saturated heterocycles. The van der Waals surface area contributed by atoms with E-state index in [1.807, 2.05) is 25.1 Å². The van der Waals surface area contributed by atoms with Gasteiger partial charge >= 0.3 is 47.5 Å². The number of nitrogens with one attached hydrogen (secondary N) is 5. The third kappa shape index (κ3) is 35.1. The number of nitriles is 3. The van der Waals surface area contributed by atoms with Crippen molar-refractivity contribution in [3.63, 3.8) is 0 Å². The fourth-order valence-electron chi connectivity index (χ4n) is 6.84. The molecule has 6 rings (SSSR count). The third-order valence-electron chi connectivity index (χ3n) is 10.3. The minimum atomic E-state index is -0.382. The Kier molecular flexibility index (Phi) is 45.6. The molecule has 2 fully saturated rings. The van der Waals surface area contributed by atoms with Gasteiger partial charge in [0.25, 0.3) is 0 Å². The van der Waals surface area contributed by atoms with Crippen LogP contribution in [-0.2, 0) is 25.4 Å². The van der Waals surface area contributed by atoms with Gasteiger partial charge in [0.1, 0.15) is 29.0 Å². The molecule has 0 bridgehead atoms. The van der Waals surface area contributed by atoms with E-state index in [1.165, 1.54) is 45.1 Å². The molecule has 80 heavy (non-hydrogen) atoms. The smallest absolute Gasteiger partial charge is 0.462 e. The van der Waals surface area contributed by atoms with E-state index in [4.69, 9.17) is 69.7 Å². The molecule has 0 amide bonds. The van der Waals surface area contributed by atoms with Crippen LogP contribution in [0.2, 0.25) is 0 Å². The van der Waals surface area contributed by atoms with Crippen LogP contribution >= 0.6 is 24.2 Å². The first kappa shape index (κ1) is 76.7. The first-order valence-electron chi connectivity index (χ1n) is 24.9. The number of benzene rings is 3. The van der Waals surface area contributed by atoms with Crippen LogP contribution in [0.3, 0.4) is 0 Å². The van der Waals surface area contributed by atoms with Crippen LogP contribution in [-0.4, -0.2) is 107 Å². The van der Waals surface area contributed by atoms with Crippen molar-refractivity contribution in [3.8, 4) is 18.6 Å². The Morgan fingerprint density at radius 2 is 1.24 bits per heavy atom. The summed E-state index contributed by atoms with van der Waals surface area (Å²) in [6.07, 6.45) is 16.3. The molecule has 3 aromatic carbocycles. The van der Waals surface area contributed by atoms with Crippen molar-refractivity contribution in [1.82, 2.24) is 26.1 Å². The van der Waals surface area contributed by atoms with Gasteiger partial charge in [-0.15, -0.1) is 12.4 Å². The number of nitrogens with two attached hydrogens (primary N) is 4. The van der Waals surface area contributed by atoms with E-state index >= 15 is 0 Å². The summed E-state index contributed by atoms with van der Waals surface area (Å²) in [6.45, 7) is 6.42. The zero-order valence-electron chi connectivity index (χ0n) is 47.1. The molecule has 430 valence electrons. The number of esters is 3. The number of aliphatic imine (C=N–C) groups is 5. The molecular formula is C53H77Cl2N17NaO7+. The predicted molar refractivity (Wildman–Crippen MR) is 313 cm³/mol. The molecule has 0 atom stereocenters. The summed E-state index contributed by atoms with van der Waals surface area (Å²) in [6, 6.07) is 21.0. The summed E-state index contributed by atoms with van der Waals surface area (Å²) < 4.78 is 14.8. The third-order valence-corrected chi connectivity index (χ3v) is 10.3. The number of nitrogen functional groups attached to an aromatic ring is 1. The largest absolute Gasteiger partial charge is 1.00 e. The minimum Gasteiger partial charge on any atom is -0.462 e. The van der Waals surface area contributed by atoms with E-state index in [-0.39, 0.29) is 71.5 Å². The van der Waals surface area contributed by atoms with E-state index in [1.54, 1.807) is 101 Å². The summed E-state index contributed by atoms with van der Waals surface area (Å²) in [4.78, 5) is 68.0. The van der Waals surface area contributed by atoms with E-state index in [0.29, 0.717) is 78.2 Å². The van der Waals surface area contributed by atoms with Crippen molar-refractivity contribution < 1.29 is 62.9 Å². The maximum atomic E-state index is 11.9. The van der Waals surface area contributed by atoms with Gasteiger partial charge < -0.3 is 47.8 Å². The van der Waals surface area contributed by atoms with Gasteiger partial charge in [-0.2, -0.15) is 15.8 Å². The number of carbonyl (C=O) groups excluding carboxylic acids is 4. The number of amidine groups is 3. The molecule has 1 aliphatic heterocycles. The zero-order chi connectivity index (χ0) is 58.6. The Labute approximate surface area is 503 Å². The Bertz CT molecular complexity index is 2590. The summed E-state index contributed by atoms with van der Waals surface area (Å²) in [7, 11) is 6.50. The van der Waals surface area contributed by atoms with Crippen molar-refractivity contribution in [2.75, 3.05) is 53.7 Å². The van der Waals surface area contributed by atoms with Crippen molar-refractivity contribution in [3.05, 3.63) is 95.1 Å². The molecule has 13 N–H and O–H groups in total. The minimum absolute atomic E-state index is 0. The number of hydrogen-bond donors (Lipinski definition) is 9. The average Bonchev–Trinajstić information content (AvgIpc) is 3.43. The zero-order valence-corrected chi connectivity index (χ0v) is 50.6. The second-order valence-electron chi connectivity index (χ2n) is 16.2. The van der Waals surface area contributed by atoms with Crippen LogP contribution in [0.15, 0.2) is 97.8 Å². The van der Waals surface area contributed by atoms with Crippen molar-refractivity contribution in [2.24, 2.45) is 42.2 Å². The number of Topliss-reactive ketones (excluding diaryl/α,β-unsaturated/α-hetero) is 1. The fourth-order valence-corrected chi connectivity index (χ4v) is 6.84. The normalized spacial score (nSPS) is 14.1. The van der Waals surface area contributed by atoms with Crippen molar-refractivity contribution in [1.29, 1.82) is 15.8 Å². The van der Waals surface area contributed by atoms with Crippen LogP contribution < -0.4 is 78.6 Å². The number of rotatable bonds is 11. The average molecular weight is 1160 g/mol. The molecule has 3 aromatic rings. The quantitative estimate of drug-likeness (QED) is 0.0153. The number of nitrogens with zero attached hydrogens (tertiary/aromatic N) is 8. The van der Waals surface area contributed by atoms with Gasteiger partial charge in [-0.25, -0.2) is 34.5 Å². The van der Waals surface area contributed by atoms with Gasteiger partial charge in [-0.1, -0.05) is 37.1 Å². The van der Waals surface area contributed by atoms with Crippen LogP contribution in [0.5, 0.6) is 0 Å². The molecule has 24 nitrogen and oxygen atoms in total. The Hall–Kier alpha value is -7.50. The van der Waals surface area contributed by atoms with Crippen LogP contribution in [0.4, 0.5) is 11.4 Å². The Morgan fingerprint density at radius 1 is 0.738 bits per heavy atom. The predicted octanol–water partition coefficient (Wildman–Crippen LogP) is 3.16. The number of carbonyl (C=O) groups is 4. The molecule has 0 aromatic heterocycles. The van der Waals surface area contributed by atoms with Gasteiger partial charge in [0.2, 0.25) is 5.96 Å². The number of ketones is 1. The summed E-state index contributed by atoms with van der Waals surface area (Å²) >= 11 is 4.75. The van der Waals surface area contributed by atoms with Crippen molar-refractivity contribution >= 4 is 88.7 Å². The van der Waals surface area contributed by atoms with Gasteiger partial charge in [-0.3, -0.25) is 25.1 Å². The molecule has 0 unspecified atom stereocenters. The number of halogens is 2. The van der Waals surface area contributed by atoms with Crippen LogP contribution in [0.1, 0.15) is 128 Å². The van der Waals surface area contributed by atoms with E-state index in [0.717, 1.165) is 55.9 Å². The summed E-state index contributed by atoms with van der Waals surface area (Å²) in [5.74, 6) is 2.01. The summed E-state index contributed by atoms with van der Waals surface area (Å²) in [5.41, 5.74) is 25.2.